The number of rotatable bonds is 5. The molecule has 0 spiro atoms. The smallest absolute Gasteiger partial charge is 0.0836 e. The molecule has 1 aliphatic carbocycles. The fourth-order valence-corrected chi connectivity index (χ4v) is 4.06. The third-order valence-electron chi connectivity index (χ3n) is 4.84. The first-order valence-corrected chi connectivity index (χ1v) is 8.43. The van der Waals surface area contributed by atoms with Gasteiger partial charge in [-0.1, -0.05) is 55.1 Å². The lowest BCUT2D eigenvalue weighted by Gasteiger charge is -2.44. The molecule has 1 saturated carbocycles. The van der Waals surface area contributed by atoms with E-state index in [0.29, 0.717) is 16.0 Å². The predicted molar refractivity (Wildman–Crippen MR) is 90.4 cm³/mol. The van der Waals surface area contributed by atoms with E-state index in [0.717, 1.165) is 24.8 Å². The SMILES string of the molecule is CNC(Cc1cccc(Cl)c1Cl)C1(OC)CCCC(C)C1. The Labute approximate surface area is 138 Å². The Bertz CT molecular complexity index is 480. The molecule has 0 bridgehead atoms. The number of nitrogens with one attached hydrogen (secondary N) is 1. The molecule has 2 nitrogen and oxygen atoms in total. The van der Waals surface area contributed by atoms with Gasteiger partial charge in [-0.15, -0.1) is 0 Å². The number of hydrogen-bond donors (Lipinski definition) is 1. The van der Waals surface area contributed by atoms with Crippen molar-refractivity contribution in [3.8, 4) is 0 Å². The van der Waals surface area contributed by atoms with Gasteiger partial charge in [-0.3, -0.25) is 0 Å². The van der Waals surface area contributed by atoms with Gasteiger partial charge in [-0.25, -0.2) is 0 Å². The van der Waals surface area contributed by atoms with Crippen molar-refractivity contribution in [3.63, 3.8) is 0 Å². The minimum atomic E-state index is -0.113. The molecule has 0 aromatic heterocycles. The predicted octanol–water partition coefficient (Wildman–Crippen LogP) is 4.72. The summed E-state index contributed by atoms with van der Waals surface area (Å²) in [6.45, 7) is 2.31. The van der Waals surface area contributed by atoms with E-state index < -0.39 is 0 Å². The van der Waals surface area contributed by atoms with E-state index in [1.54, 1.807) is 0 Å². The highest BCUT2D eigenvalue weighted by molar-refractivity contribution is 6.42. The lowest BCUT2D eigenvalue weighted by atomic mass is 9.73. The highest BCUT2D eigenvalue weighted by atomic mass is 35.5. The Balaban J connectivity index is 2.23. The van der Waals surface area contributed by atoms with Crippen molar-refractivity contribution in [1.29, 1.82) is 0 Å². The molecular weight excluding hydrogens is 305 g/mol. The topological polar surface area (TPSA) is 21.3 Å². The zero-order chi connectivity index (χ0) is 15.5. The summed E-state index contributed by atoms with van der Waals surface area (Å²) in [5, 5.41) is 4.73. The third-order valence-corrected chi connectivity index (χ3v) is 5.69. The van der Waals surface area contributed by atoms with Gasteiger partial charge < -0.3 is 10.1 Å². The first-order chi connectivity index (χ1) is 10.0. The molecule has 1 aromatic rings. The maximum atomic E-state index is 6.35. The first-order valence-electron chi connectivity index (χ1n) is 7.67. The molecular formula is C17H25Cl2NO. The summed E-state index contributed by atoms with van der Waals surface area (Å²) in [6.07, 6.45) is 5.52. The second-order valence-electron chi connectivity index (χ2n) is 6.23. The van der Waals surface area contributed by atoms with Crippen LogP contribution >= 0.6 is 23.2 Å². The van der Waals surface area contributed by atoms with E-state index in [1.165, 1.54) is 12.8 Å². The number of halogens is 2. The fraction of sp³-hybridized carbons (Fsp3) is 0.647. The Hall–Kier alpha value is -0.280. The van der Waals surface area contributed by atoms with Crippen molar-refractivity contribution in [3.05, 3.63) is 33.8 Å². The molecule has 0 aliphatic heterocycles. The average Bonchev–Trinajstić information content (AvgIpc) is 2.48. The van der Waals surface area contributed by atoms with E-state index in [1.807, 2.05) is 32.4 Å². The lowest BCUT2D eigenvalue weighted by Crippen LogP contribution is -2.54. The van der Waals surface area contributed by atoms with Crippen LogP contribution in [0.4, 0.5) is 0 Å². The highest BCUT2D eigenvalue weighted by Crippen LogP contribution is 2.39. The average molecular weight is 330 g/mol. The molecule has 0 heterocycles. The zero-order valence-electron chi connectivity index (χ0n) is 13.1. The minimum absolute atomic E-state index is 0.113. The molecule has 118 valence electrons. The molecule has 0 radical (unpaired) electrons. The fourth-order valence-electron chi connectivity index (χ4n) is 3.67. The Kier molecular flexibility index (Phi) is 5.96. The Morgan fingerprint density at radius 3 is 2.81 bits per heavy atom. The summed E-state index contributed by atoms with van der Waals surface area (Å²) >= 11 is 12.5. The zero-order valence-corrected chi connectivity index (χ0v) is 14.6. The molecule has 1 aromatic carbocycles. The molecule has 2 rings (SSSR count). The van der Waals surface area contributed by atoms with Gasteiger partial charge in [0.15, 0.2) is 0 Å². The van der Waals surface area contributed by atoms with Crippen LogP contribution in [0.5, 0.6) is 0 Å². The van der Waals surface area contributed by atoms with Crippen molar-refractivity contribution in [2.24, 2.45) is 5.92 Å². The molecule has 1 fully saturated rings. The van der Waals surface area contributed by atoms with E-state index >= 15 is 0 Å². The maximum absolute atomic E-state index is 6.35. The van der Waals surface area contributed by atoms with E-state index in [-0.39, 0.29) is 11.6 Å². The van der Waals surface area contributed by atoms with E-state index in [9.17, 15) is 0 Å². The van der Waals surface area contributed by atoms with Crippen LogP contribution in [0.1, 0.15) is 38.2 Å². The monoisotopic (exact) mass is 329 g/mol. The number of benzene rings is 1. The van der Waals surface area contributed by atoms with Crippen LogP contribution in [0, 0.1) is 5.92 Å². The van der Waals surface area contributed by atoms with E-state index in [4.69, 9.17) is 27.9 Å². The molecule has 0 amide bonds. The van der Waals surface area contributed by atoms with Crippen LogP contribution in [0.25, 0.3) is 0 Å². The lowest BCUT2D eigenvalue weighted by molar-refractivity contribution is -0.0775. The van der Waals surface area contributed by atoms with Gasteiger partial charge >= 0.3 is 0 Å². The molecule has 0 saturated heterocycles. The summed E-state index contributed by atoms with van der Waals surface area (Å²) < 4.78 is 6.01. The summed E-state index contributed by atoms with van der Waals surface area (Å²) in [5.74, 6) is 0.699. The van der Waals surface area contributed by atoms with Crippen molar-refractivity contribution >= 4 is 23.2 Å². The Morgan fingerprint density at radius 1 is 1.43 bits per heavy atom. The second-order valence-corrected chi connectivity index (χ2v) is 7.01. The quantitative estimate of drug-likeness (QED) is 0.843. The van der Waals surface area contributed by atoms with Gasteiger partial charge in [-0.05, 0) is 43.9 Å². The number of methoxy groups -OCH3 is 1. The van der Waals surface area contributed by atoms with Crippen LogP contribution in [-0.4, -0.2) is 25.8 Å². The van der Waals surface area contributed by atoms with Crippen molar-refractivity contribution in [2.45, 2.75) is 50.7 Å². The highest BCUT2D eigenvalue weighted by Gasteiger charge is 2.41. The van der Waals surface area contributed by atoms with Gasteiger partial charge in [0.2, 0.25) is 0 Å². The van der Waals surface area contributed by atoms with Gasteiger partial charge in [0.1, 0.15) is 0 Å². The number of likely N-dealkylation sites (N-methyl/N-ethyl adjacent to an activating group) is 1. The van der Waals surface area contributed by atoms with E-state index in [2.05, 4.69) is 12.2 Å². The third kappa shape index (κ3) is 3.73. The van der Waals surface area contributed by atoms with Crippen molar-refractivity contribution in [2.75, 3.05) is 14.2 Å². The molecule has 21 heavy (non-hydrogen) atoms. The van der Waals surface area contributed by atoms with Gasteiger partial charge in [-0.2, -0.15) is 0 Å². The summed E-state index contributed by atoms with van der Waals surface area (Å²) in [4.78, 5) is 0. The molecule has 4 heteroatoms. The molecule has 1 aliphatic rings. The summed E-state index contributed by atoms with van der Waals surface area (Å²) in [7, 11) is 3.84. The van der Waals surface area contributed by atoms with Gasteiger partial charge in [0.25, 0.3) is 0 Å². The van der Waals surface area contributed by atoms with Crippen LogP contribution in [0.3, 0.4) is 0 Å². The first kappa shape index (κ1) is 17.1. The van der Waals surface area contributed by atoms with Crippen LogP contribution in [0.15, 0.2) is 18.2 Å². The van der Waals surface area contributed by atoms with Crippen molar-refractivity contribution in [1.82, 2.24) is 5.32 Å². The maximum Gasteiger partial charge on any atom is 0.0836 e. The van der Waals surface area contributed by atoms with Gasteiger partial charge in [0, 0.05) is 13.2 Å². The second kappa shape index (κ2) is 7.32. The largest absolute Gasteiger partial charge is 0.377 e. The normalized spacial score (nSPS) is 27.6. The molecule has 1 N–H and O–H groups in total. The standard InChI is InChI=1S/C17H25Cl2NO/c1-12-6-5-9-17(11-12,21-3)15(20-2)10-13-7-4-8-14(18)16(13)19/h4,7-8,12,15,20H,5-6,9-11H2,1-3H3. The van der Waals surface area contributed by atoms with Crippen LogP contribution in [-0.2, 0) is 11.2 Å². The molecule has 3 unspecified atom stereocenters. The van der Waals surface area contributed by atoms with Crippen molar-refractivity contribution < 1.29 is 4.74 Å². The van der Waals surface area contributed by atoms with Crippen LogP contribution < -0.4 is 5.32 Å². The van der Waals surface area contributed by atoms with Crippen LogP contribution in [0.2, 0.25) is 10.0 Å². The molecule has 3 atom stereocenters. The summed E-state index contributed by atoms with van der Waals surface area (Å²) in [6, 6.07) is 6.07. The number of hydrogen-bond acceptors (Lipinski definition) is 2. The van der Waals surface area contributed by atoms with Gasteiger partial charge in [0.05, 0.1) is 15.6 Å². The number of ether oxygens (including phenoxy) is 1. The summed E-state index contributed by atoms with van der Waals surface area (Å²) in [5.41, 5.74) is 0.969. The minimum Gasteiger partial charge on any atom is -0.377 e. The Morgan fingerprint density at radius 2 is 2.19 bits per heavy atom.